The lowest BCUT2D eigenvalue weighted by Crippen LogP contribution is -2.48. The zero-order chi connectivity index (χ0) is 31.9. The monoisotopic (exact) mass is 626 g/mol. The van der Waals surface area contributed by atoms with Gasteiger partial charge in [0, 0.05) is 22.6 Å². The van der Waals surface area contributed by atoms with Crippen LogP contribution in [0.3, 0.4) is 0 Å². The Labute approximate surface area is 262 Å². The third kappa shape index (κ3) is 3.98. The van der Waals surface area contributed by atoms with Gasteiger partial charge in [-0.15, -0.1) is 0 Å². The zero-order valence-corrected chi connectivity index (χ0v) is 24.6. The van der Waals surface area contributed by atoms with Gasteiger partial charge in [-0.2, -0.15) is 0 Å². The van der Waals surface area contributed by atoms with Crippen molar-refractivity contribution in [3.8, 4) is 11.5 Å². The molecule has 2 aliphatic heterocycles. The molecule has 0 spiro atoms. The minimum atomic E-state index is -1.36. The van der Waals surface area contributed by atoms with E-state index in [1.165, 1.54) is 23.1 Å². The number of aromatic hydroxyl groups is 2. The molecule has 1 saturated carbocycles. The Morgan fingerprint density at radius 3 is 2.27 bits per heavy atom. The number of phenols is 2. The minimum Gasteiger partial charge on any atom is -0.508 e. The van der Waals surface area contributed by atoms with Gasteiger partial charge in [0.2, 0.25) is 23.6 Å². The number of allylic oxidation sites excluding steroid dienone is 2. The maximum Gasteiger partial charge on any atom is 0.339 e. The smallest absolute Gasteiger partial charge is 0.339 e. The molecule has 3 fully saturated rings. The second-order valence-electron chi connectivity index (χ2n) is 12.2. The fraction of sp³-hybridized carbons (Fsp3) is 0.265. The Hall–Kier alpha value is -4.96. The largest absolute Gasteiger partial charge is 0.508 e. The molecule has 2 saturated heterocycles. The molecule has 4 amide bonds. The minimum absolute atomic E-state index is 0.0375. The maximum absolute atomic E-state index is 14.4. The topological polar surface area (TPSA) is 153 Å². The Morgan fingerprint density at radius 1 is 0.844 bits per heavy atom. The number of phenolic OH excluding ortho intramolecular Hbond substituents is 1. The van der Waals surface area contributed by atoms with Gasteiger partial charge in [0.25, 0.3) is 0 Å². The molecule has 3 aromatic carbocycles. The normalized spacial score (nSPS) is 28.9. The van der Waals surface area contributed by atoms with Crippen LogP contribution in [0.25, 0.3) is 0 Å². The van der Waals surface area contributed by atoms with Crippen LogP contribution in [0.2, 0.25) is 5.02 Å². The number of imide groups is 2. The highest BCUT2D eigenvalue weighted by Gasteiger charge is 2.68. The zero-order valence-electron chi connectivity index (χ0n) is 23.9. The molecule has 11 heteroatoms. The van der Waals surface area contributed by atoms with E-state index in [4.69, 9.17) is 11.6 Å². The molecule has 0 unspecified atom stereocenters. The second-order valence-corrected chi connectivity index (χ2v) is 12.7. The number of carboxylic acid groups (broad SMARTS) is 1. The predicted molar refractivity (Wildman–Crippen MR) is 162 cm³/mol. The summed E-state index contributed by atoms with van der Waals surface area (Å²) in [6.07, 6.45) is 2.13. The van der Waals surface area contributed by atoms with Crippen molar-refractivity contribution in [1.29, 1.82) is 0 Å². The van der Waals surface area contributed by atoms with E-state index in [1.807, 2.05) is 6.08 Å². The first-order valence-corrected chi connectivity index (χ1v) is 14.9. The van der Waals surface area contributed by atoms with Crippen molar-refractivity contribution < 1.29 is 39.3 Å². The van der Waals surface area contributed by atoms with Crippen LogP contribution in [0.5, 0.6) is 11.5 Å². The molecule has 2 aliphatic carbocycles. The number of anilines is 2. The number of benzene rings is 3. The van der Waals surface area contributed by atoms with E-state index in [-0.39, 0.29) is 29.8 Å². The number of fused-ring (bicyclic) bond motifs is 4. The van der Waals surface area contributed by atoms with Crippen LogP contribution >= 0.6 is 11.6 Å². The van der Waals surface area contributed by atoms with E-state index in [2.05, 4.69) is 0 Å². The van der Waals surface area contributed by atoms with Gasteiger partial charge >= 0.3 is 5.97 Å². The molecule has 0 bridgehead atoms. The highest BCUT2D eigenvalue weighted by Crippen LogP contribution is 2.64. The number of aromatic carboxylic acids is 1. The predicted octanol–water partition coefficient (Wildman–Crippen LogP) is 4.88. The molecule has 0 aromatic heterocycles. The molecule has 10 nitrogen and oxygen atoms in total. The second kappa shape index (κ2) is 10.0. The Bertz CT molecular complexity index is 1870. The average Bonchev–Trinajstić information content (AvgIpc) is 3.38. The summed E-state index contributed by atoms with van der Waals surface area (Å²) in [4.78, 5) is 70.0. The molecule has 7 rings (SSSR count). The summed E-state index contributed by atoms with van der Waals surface area (Å²) >= 11 is 6.40. The third-order valence-corrected chi connectivity index (χ3v) is 10.3. The van der Waals surface area contributed by atoms with Crippen molar-refractivity contribution in [3.05, 3.63) is 94.5 Å². The van der Waals surface area contributed by atoms with Crippen LogP contribution < -0.4 is 9.80 Å². The van der Waals surface area contributed by atoms with E-state index < -0.39 is 70.4 Å². The quantitative estimate of drug-likeness (QED) is 0.274. The molecular formula is C34H27ClN2O8. The number of amides is 4. The van der Waals surface area contributed by atoms with Crippen molar-refractivity contribution in [2.24, 2.45) is 29.1 Å². The van der Waals surface area contributed by atoms with E-state index in [0.717, 1.165) is 17.0 Å². The number of halogens is 1. The standard InChI is InChI=1S/C34H27ClN2O8/c1-34-24(30(41)37(33(34)45)17-5-3-2-4-6-17)15-22-19(28(34)23-13-16(35)7-12-25(23)38)10-11-21-27(22)31(42)36(29(21)40)18-8-9-20(32(43)44)26(39)14-18/h2-10,12-14,21-22,24,27-28,38-39H,11,15H2,1H3,(H,43,44)/t21-,22+,24-,27-,28+,34+/m0/s1. The summed E-state index contributed by atoms with van der Waals surface area (Å²) in [7, 11) is 0. The number of hydrogen-bond acceptors (Lipinski definition) is 7. The lowest BCUT2D eigenvalue weighted by molar-refractivity contribution is -0.131. The van der Waals surface area contributed by atoms with Crippen LogP contribution in [-0.2, 0) is 19.2 Å². The molecule has 3 aromatic rings. The van der Waals surface area contributed by atoms with Crippen LogP contribution in [0.4, 0.5) is 11.4 Å². The fourth-order valence-electron chi connectivity index (χ4n) is 8.03. The number of nitrogens with zero attached hydrogens (tertiary/aromatic N) is 2. The lowest BCUT2D eigenvalue weighted by atomic mass is 9.51. The van der Waals surface area contributed by atoms with Gasteiger partial charge in [0.1, 0.15) is 17.1 Å². The summed E-state index contributed by atoms with van der Waals surface area (Å²) in [5, 5.41) is 31.1. The third-order valence-electron chi connectivity index (χ3n) is 10.1. The van der Waals surface area contributed by atoms with Crippen LogP contribution in [-0.4, -0.2) is 44.9 Å². The van der Waals surface area contributed by atoms with Crippen molar-refractivity contribution in [1.82, 2.24) is 0 Å². The lowest BCUT2D eigenvalue weighted by Gasteiger charge is -2.49. The number of hydrogen-bond donors (Lipinski definition) is 3. The molecule has 6 atom stereocenters. The van der Waals surface area contributed by atoms with Gasteiger partial charge in [0.15, 0.2) is 0 Å². The first-order valence-electron chi connectivity index (χ1n) is 14.5. The van der Waals surface area contributed by atoms with Gasteiger partial charge in [-0.25, -0.2) is 14.6 Å². The van der Waals surface area contributed by atoms with Crippen molar-refractivity contribution in [2.75, 3.05) is 9.80 Å². The summed E-state index contributed by atoms with van der Waals surface area (Å²) < 4.78 is 0. The van der Waals surface area contributed by atoms with Gasteiger partial charge in [0.05, 0.1) is 34.5 Å². The van der Waals surface area contributed by atoms with E-state index in [1.54, 1.807) is 43.3 Å². The Balaban J connectivity index is 1.36. The van der Waals surface area contributed by atoms with Crippen molar-refractivity contribution in [2.45, 2.75) is 25.7 Å². The Morgan fingerprint density at radius 2 is 1.58 bits per heavy atom. The Kier molecular flexibility index (Phi) is 6.42. The summed E-state index contributed by atoms with van der Waals surface area (Å²) in [6, 6.07) is 16.6. The maximum atomic E-state index is 14.4. The molecule has 4 aliphatic rings. The molecule has 45 heavy (non-hydrogen) atoms. The van der Waals surface area contributed by atoms with Crippen LogP contribution in [0.1, 0.15) is 41.6 Å². The highest BCUT2D eigenvalue weighted by atomic mass is 35.5. The van der Waals surface area contributed by atoms with E-state index >= 15 is 0 Å². The van der Waals surface area contributed by atoms with Gasteiger partial charge in [-0.3, -0.25) is 19.2 Å². The van der Waals surface area contributed by atoms with Crippen LogP contribution in [0.15, 0.2) is 78.4 Å². The van der Waals surface area contributed by atoms with Crippen molar-refractivity contribution >= 4 is 52.6 Å². The molecule has 0 radical (unpaired) electrons. The number of para-hydroxylation sites is 1. The number of carboxylic acids is 1. The fourth-order valence-corrected chi connectivity index (χ4v) is 8.21. The van der Waals surface area contributed by atoms with Gasteiger partial charge < -0.3 is 15.3 Å². The molecule has 2 heterocycles. The number of carbonyl (C=O) groups is 5. The molecule has 228 valence electrons. The first kappa shape index (κ1) is 28.8. The highest BCUT2D eigenvalue weighted by molar-refractivity contribution is 6.30. The van der Waals surface area contributed by atoms with Gasteiger partial charge in [-0.05, 0) is 68.1 Å². The summed E-state index contributed by atoms with van der Waals surface area (Å²) in [5.41, 5.74) is -0.236. The SMILES string of the molecule is C[C@@]12C(=O)N(c3ccccc3)C(=O)[C@@H]1C[C@@H]1C(=CC[C@@H]3C(=O)N(c4ccc(C(=O)O)c(O)c4)C(=O)[C@@H]31)[C@@H]2c1cc(Cl)ccc1O. The van der Waals surface area contributed by atoms with Crippen molar-refractivity contribution in [3.63, 3.8) is 0 Å². The first-order chi connectivity index (χ1) is 21.4. The average molecular weight is 627 g/mol. The van der Waals surface area contributed by atoms with Gasteiger partial charge in [-0.1, -0.05) is 41.4 Å². The molecular weight excluding hydrogens is 600 g/mol. The number of rotatable bonds is 4. The van der Waals surface area contributed by atoms with E-state index in [9.17, 15) is 39.3 Å². The van der Waals surface area contributed by atoms with Crippen LogP contribution in [0, 0.1) is 29.1 Å². The summed E-state index contributed by atoms with van der Waals surface area (Å²) in [6.45, 7) is 1.72. The summed E-state index contributed by atoms with van der Waals surface area (Å²) in [5.74, 6) is -7.98. The molecule has 3 N–H and O–H groups in total. The van der Waals surface area contributed by atoms with E-state index in [0.29, 0.717) is 21.8 Å². The number of carbonyl (C=O) groups excluding carboxylic acids is 4.